The Labute approximate surface area is 211 Å². The number of hydrogen-bond acceptors (Lipinski definition) is 4. The Kier molecular flexibility index (Phi) is 10.6. The molecule has 0 fully saturated rings. The number of benzene rings is 2. The van der Waals surface area contributed by atoms with Crippen molar-refractivity contribution in [3.8, 4) is 0 Å². The maximum atomic E-state index is 13.5. The van der Waals surface area contributed by atoms with Crippen molar-refractivity contribution in [1.82, 2.24) is 10.2 Å². The molecule has 0 aliphatic carbocycles. The van der Waals surface area contributed by atoms with Crippen molar-refractivity contribution in [2.24, 2.45) is 5.92 Å². The van der Waals surface area contributed by atoms with Crippen LogP contribution in [-0.4, -0.2) is 57.1 Å². The molecule has 0 saturated carbocycles. The number of carbonyl (C=O) groups is 2. The van der Waals surface area contributed by atoms with E-state index in [4.69, 9.17) is 0 Å². The smallest absolute Gasteiger partial charge is 0.244 e. The number of carbonyl (C=O) groups excluding carboxylic acids is 2. The average Bonchev–Trinajstić information content (AvgIpc) is 2.79. The highest BCUT2D eigenvalue weighted by Gasteiger charge is 2.31. The Bertz CT molecular complexity index is 1040. The second kappa shape index (κ2) is 12.9. The van der Waals surface area contributed by atoms with E-state index in [2.05, 4.69) is 21.2 Å². The van der Waals surface area contributed by atoms with Gasteiger partial charge in [0.1, 0.15) is 12.6 Å². The van der Waals surface area contributed by atoms with Crippen molar-refractivity contribution in [3.63, 3.8) is 0 Å². The molecule has 0 aromatic heterocycles. The minimum atomic E-state index is -3.73. The van der Waals surface area contributed by atoms with Crippen molar-refractivity contribution in [1.29, 1.82) is 0 Å². The molecule has 0 aliphatic rings. The van der Waals surface area contributed by atoms with Gasteiger partial charge >= 0.3 is 0 Å². The van der Waals surface area contributed by atoms with Gasteiger partial charge in [0.05, 0.1) is 11.9 Å². The number of rotatable bonds is 12. The highest BCUT2D eigenvalue weighted by molar-refractivity contribution is 9.10. The van der Waals surface area contributed by atoms with E-state index in [1.165, 1.54) is 4.90 Å². The molecule has 9 heteroatoms. The number of halogens is 1. The van der Waals surface area contributed by atoms with Gasteiger partial charge in [-0.1, -0.05) is 67.0 Å². The summed E-state index contributed by atoms with van der Waals surface area (Å²) in [7, 11) is -3.73. The van der Waals surface area contributed by atoms with Crippen LogP contribution in [0, 0.1) is 5.92 Å². The molecule has 0 saturated heterocycles. The standard InChI is InChI=1S/C25H34BrN3O4S/c1-5-23(25(31)27-17-19(2)3)28(16-15-20-9-7-6-8-10-20)24(30)18-29(34(4,32)33)22-13-11-21(26)12-14-22/h6-14,19,23H,5,15-18H2,1-4H3,(H,27,31)/t23-/m0/s1. The molecule has 186 valence electrons. The molecule has 0 aliphatic heterocycles. The summed E-state index contributed by atoms with van der Waals surface area (Å²) in [5, 5.41) is 2.92. The van der Waals surface area contributed by atoms with Crippen LogP contribution in [0.2, 0.25) is 0 Å². The average molecular weight is 553 g/mol. The van der Waals surface area contributed by atoms with Gasteiger partial charge in [0.15, 0.2) is 0 Å². The third kappa shape index (κ3) is 8.43. The van der Waals surface area contributed by atoms with E-state index < -0.39 is 22.0 Å². The lowest BCUT2D eigenvalue weighted by Gasteiger charge is -2.33. The zero-order valence-electron chi connectivity index (χ0n) is 20.2. The number of amides is 2. The molecule has 2 rings (SSSR count). The Hall–Kier alpha value is -2.39. The molecule has 0 unspecified atom stereocenters. The second-order valence-electron chi connectivity index (χ2n) is 8.63. The van der Waals surface area contributed by atoms with Crippen LogP contribution in [0.25, 0.3) is 0 Å². The van der Waals surface area contributed by atoms with E-state index in [0.29, 0.717) is 31.6 Å². The van der Waals surface area contributed by atoms with Gasteiger partial charge in [-0.25, -0.2) is 8.42 Å². The van der Waals surface area contributed by atoms with Crippen LogP contribution in [0.1, 0.15) is 32.8 Å². The van der Waals surface area contributed by atoms with Crippen LogP contribution >= 0.6 is 15.9 Å². The minimum absolute atomic E-state index is 0.229. The van der Waals surface area contributed by atoms with Crippen molar-refractivity contribution in [3.05, 3.63) is 64.6 Å². The minimum Gasteiger partial charge on any atom is -0.354 e. The van der Waals surface area contributed by atoms with Crippen LogP contribution in [0.5, 0.6) is 0 Å². The molecular weight excluding hydrogens is 518 g/mol. The van der Waals surface area contributed by atoms with Gasteiger partial charge in [-0.2, -0.15) is 0 Å². The van der Waals surface area contributed by atoms with Crippen molar-refractivity contribution >= 4 is 43.5 Å². The SMILES string of the molecule is CC[C@@H](C(=O)NCC(C)C)N(CCc1ccccc1)C(=O)CN(c1ccc(Br)cc1)S(C)(=O)=O. The summed E-state index contributed by atoms with van der Waals surface area (Å²) in [6.07, 6.45) is 2.04. The molecule has 0 bridgehead atoms. The molecule has 2 aromatic carbocycles. The van der Waals surface area contributed by atoms with Gasteiger partial charge in [0.2, 0.25) is 21.8 Å². The second-order valence-corrected chi connectivity index (χ2v) is 11.5. The fourth-order valence-electron chi connectivity index (χ4n) is 3.54. The molecule has 1 atom stereocenters. The topological polar surface area (TPSA) is 86.8 Å². The molecule has 1 N–H and O–H groups in total. The number of anilines is 1. The normalized spacial score (nSPS) is 12.3. The summed E-state index contributed by atoms with van der Waals surface area (Å²) in [6.45, 7) is 6.27. The van der Waals surface area contributed by atoms with Crippen LogP contribution in [-0.2, 0) is 26.0 Å². The number of sulfonamides is 1. The van der Waals surface area contributed by atoms with Crippen LogP contribution in [0.3, 0.4) is 0 Å². The summed E-state index contributed by atoms with van der Waals surface area (Å²) < 4.78 is 27.0. The lowest BCUT2D eigenvalue weighted by molar-refractivity contribution is -0.139. The first-order valence-corrected chi connectivity index (χ1v) is 14.0. The predicted molar refractivity (Wildman–Crippen MR) is 140 cm³/mol. The highest BCUT2D eigenvalue weighted by atomic mass is 79.9. The van der Waals surface area contributed by atoms with Crippen molar-refractivity contribution in [2.75, 3.05) is 30.2 Å². The molecular formula is C25H34BrN3O4S. The van der Waals surface area contributed by atoms with Gasteiger partial charge in [-0.15, -0.1) is 0 Å². The molecule has 0 radical (unpaired) electrons. The van der Waals surface area contributed by atoms with E-state index in [1.807, 2.05) is 51.1 Å². The summed E-state index contributed by atoms with van der Waals surface area (Å²) in [6, 6.07) is 15.7. The zero-order chi connectivity index (χ0) is 25.3. The molecule has 34 heavy (non-hydrogen) atoms. The monoisotopic (exact) mass is 551 g/mol. The van der Waals surface area contributed by atoms with Gasteiger partial charge in [0.25, 0.3) is 0 Å². The van der Waals surface area contributed by atoms with E-state index in [9.17, 15) is 18.0 Å². The Morgan fingerprint density at radius 3 is 2.18 bits per heavy atom. The Balaban J connectivity index is 2.32. The molecule has 2 aromatic rings. The van der Waals surface area contributed by atoms with Crippen LogP contribution in [0.15, 0.2) is 59.1 Å². The first-order chi connectivity index (χ1) is 16.0. The molecule has 0 spiro atoms. The Morgan fingerprint density at radius 2 is 1.65 bits per heavy atom. The first-order valence-electron chi connectivity index (χ1n) is 11.4. The van der Waals surface area contributed by atoms with Gasteiger partial charge in [-0.3, -0.25) is 13.9 Å². The van der Waals surface area contributed by atoms with E-state index >= 15 is 0 Å². The number of nitrogens with one attached hydrogen (secondary N) is 1. The lowest BCUT2D eigenvalue weighted by Crippen LogP contribution is -2.53. The Morgan fingerprint density at radius 1 is 1.03 bits per heavy atom. The summed E-state index contributed by atoms with van der Waals surface area (Å²) in [5.41, 5.74) is 1.42. The molecule has 2 amide bonds. The quantitative estimate of drug-likeness (QED) is 0.434. The lowest BCUT2D eigenvalue weighted by atomic mass is 10.1. The third-order valence-corrected chi connectivity index (χ3v) is 7.02. The summed E-state index contributed by atoms with van der Waals surface area (Å²) >= 11 is 3.34. The number of hydrogen-bond donors (Lipinski definition) is 1. The van der Waals surface area contributed by atoms with Crippen molar-refractivity contribution < 1.29 is 18.0 Å². The summed E-state index contributed by atoms with van der Waals surface area (Å²) in [5.74, 6) is -0.379. The zero-order valence-corrected chi connectivity index (χ0v) is 22.6. The third-order valence-electron chi connectivity index (χ3n) is 5.35. The van der Waals surface area contributed by atoms with Gasteiger partial charge < -0.3 is 10.2 Å². The van der Waals surface area contributed by atoms with Gasteiger partial charge in [-0.05, 0) is 48.6 Å². The van der Waals surface area contributed by atoms with E-state index in [-0.39, 0.29) is 18.4 Å². The largest absolute Gasteiger partial charge is 0.354 e. The van der Waals surface area contributed by atoms with Crippen molar-refractivity contribution in [2.45, 2.75) is 39.7 Å². The number of nitrogens with zero attached hydrogens (tertiary/aromatic N) is 2. The van der Waals surface area contributed by atoms with Crippen LogP contribution < -0.4 is 9.62 Å². The van der Waals surface area contributed by atoms with Gasteiger partial charge in [0, 0.05) is 17.6 Å². The highest BCUT2D eigenvalue weighted by Crippen LogP contribution is 2.21. The predicted octanol–water partition coefficient (Wildman–Crippen LogP) is 3.84. The molecule has 0 heterocycles. The fourth-order valence-corrected chi connectivity index (χ4v) is 4.65. The first kappa shape index (κ1) is 27.9. The maximum Gasteiger partial charge on any atom is 0.244 e. The maximum absolute atomic E-state index is 13.5. The van der Waals surface area contributed by atoms with Crippen LogP contribution in [0.4, 0.5) is 5.69 Å². The molecule has 7 nitrogen and oxygen atoms in total. The van der Waals surface area contributed by atoms with E-state index in [1.54, 1.807) is 24.3 Å². The van der Waals surface area contributed by atoms with E-state index in [0.717, 1.165) is 20.6 Å². The summed E-state index contributed by atoms with van der Waals surface area (Å²) in [4.78, 5) is 28.0. The fraction of sp³-hybridized carbons (Fsp3) is 0.440.